The number of rotatable bonds is 7. The number of carbonyl (C=O) groups is 1. The molecule has 0 spiro atoms. The van der Waals surface area contributed by atoms with Gasteiger partial charge in [-0.15, -0.1) is 11.3 Å². The monoisotopic (exact) mass is 291 g/mol. The molecule has 0 unspecified atom stereocenters. The fourth-order valence-electron chi connectivity index (χ4n) is 1.27. The molecule has 0 atom stereocenters. The summed E-state index contributed by atoms with van der Waals surface area (Å²) >= 11 is 1.13. The largest absolute Gasteiger partial charge is 0.356 e. The SMILES string of the molecule is CCNC(=O)CCNS(=O)(=O)c1ccc(CN)s1. The number of hydrogen-bond donors (Lipinski definition) is 3. The lowest BCUT2D eigenvalue weighted by Crippen LogP contribution is -2.30. The van der Waals surface area contributed by atoms with Crippen LogP contribution in [0.4, 0.5) is 0 Å². The lowest BCUT2D eigenvalue weighted by Gasteiger charge is -2.04. The molecule has 102 valence electrons. The van der Waals surface area contributed by atoms with E-state index in [0.29, 0.717) is 13.1 Å². The van der Waals surface area contributed by atoms with E-state index in [1.807, 2.05) is 6.92 Å². The van der Waals surface area contributed by atoms with Crippen LogP contribution in [0.5, 0.6) is 0 Å². The number of nitrogens with one attached hydrogen (secondary N) is 2. The average molecular weight is 291 g/mol. The number of hydrogen-bond acceptors (Lipinski definition) is 5. The molecule has 0 aliphatic carbocycles. The minimum atomic E-state index is -3.53. The molecule has 4 N–H and O–H groups in total. The number of sulfonamides is 1. The Balaban J connectivity index is 2.52. The van der Waals surface area contributed by atoms with Gasteiger partial charge < -0.3 is 11.1 Å². The molecule has 0 saturated carbocycles. The molecule has 0 aliphatic heterocycles. The summed E-state index contributed by atoms with van der Waals surface area (Å²) < 4.78 is 26.3. The average Bonchev–Trinajstić information content (AvgIpc) is 2.78. The van der Waals surface area contributed by atoms with Gasteiger partial charge in [-0.05, 0) is 19.1 Å². The number of thiophene rings is 1. The molecule has 8 heteroatoms. The fourth-order valence-corrected chi connectivity index (χ4v) is 3.58. The molecule has 1 aromatic rings. The van der Waals surface area contributed by atoms with Gasteiger partial charge in [0.1, 0.15) is 4.21 Å². The van der Waals surface area contributed by atoms with Crippen LogP contribution in [0.15, 0.2) is 16.3 Å². The first-order chi connectivity index (χ1) is 8.49. The van der Waals surface area contributed by atoms with Crippen molar-refractivity contribution in [3.63, 3.8) is 0 Å². The Morgan fingerprint density at radius 3 is 2.72 bits per heavy atom. The fraction of sp³-hybridized carbons (Fsp3) is 0.500. The van der Waals surface area contributed by atoms with Crippen LogP contribution in [0, 0.1) is 0 Å². The van der Waals surface area contributed by atoms with Crippen molar-refractivity contribution in [2.45, 2.75) is 24.1 Å². The molecule has 0 aromatic carbocycles. The van der Waals surface area contributed by atoms with Crippen molar-refractivity contribution < 1.29 is 13.2 Å². The lowest BCUT2D eigenvalue weighted by atomic mass is 10.4. The van der Waals surface area contributed by atoms with Crippen LogP contribution in [0.3, 0.4) is 0 Å². The highest BCUT2D eigenvalue weighted by Gasteiger charge is 2.16. The predicted molar refractivity (Wildman–Crippen MR) is 70.7 cm³/mol. The highest BCUT2D eigenvalue weighted by atomic mass is 32.2. The normalized spacial score (nSPS) is 11.4. The minimum absolute atomic E-state index is 0.0873. The maximum atomic E-state index is 11.8. The van der Waals surface area contributed by atoms with Crippen molar-refractivity contribution in [1.29, 1.82) is 0 Å². The van der Waals surface area contributed by atoms with Crippen molar-refractivity contribution in [2.24, 2.45) is 5.73 Å². The van der Waals surface area contributed by atoms with Crippen LogP contribution in [0.1, 0.15) is 18.2 Å². The summed E-state index contributed by atoms with van der Waals surface area (Å²) in [5.41, 5.74) is 5.42. The second kappa shape index (κ2) is 6.83. The van der Waals surface area contributed by atoms with Crippen LogP contribution < -0.4 is 15.8 Å². The van der Waals surface area contributed by atoms with E-state index < -0.39 is 10.0 Å². The molecule has 0 bridgehead atoms. The molecule has 0 radical (unpaired) electrons. The van der Waals surface area contributed by atoms with Gasteiger partial charge in [-0.1, -0.05) is 0 Å². The quantitative estimate of drug-likeness (QED) is 0.658. The van der Waals surface area contributed by atoms with Gasteiger partial charge in [0.2, 0.25) is 15.9 Å². The molecule has 1 rings (SSSR count). The summed E-state index contributed by atoms with van der Waals surface area (Å²) in [6.45, 7) is 2.75. The van der Waals surface area contributed by atoms with Gasteiger partial charge in [0.25, 0.3) is 0 Å². The second-order valence-electron chi connectivity index (χ2n) is 3.53. The van der Waals surface area contributed by atoms with E-state index in [2.05, 4.69) is 10.0 Å². The van der Waals surface area contributed by atoms with Crippen LogP contribution in [0.25, 0.3) is 0 Å². The summed E-state index contributed by atoms with van der Waals surface area (Å²) in [6.07, 6.45) is 0.127. The van der Waals surface area contributed by atoms with Gasteiger partial charge in [0.15, 0.2) is 0 Å². The first-order valence-electron chi connectivity index (χ1n) is 5.54. The summed E-state index contributed by atoms with van der Waals surface area (Å²) in [7, 11) is -3.53. The first kappa shape index (κ1) is 15.1. The highest BCUT2D eigenvalue weighted by molar-refractivity contribution is 7.91. The lowest BCUT2D eigenvalue weighted by molar-refractivity contribution is -0.120. The van der Waals surface area contributed by atoms with Gasteiger partial charge >= 0.3 is 0 Å². The zero-order valence-electron chi connectivity index (χ0n) is 10.1. The summed E-state index contributed by atoms with van der Waals surface area (Å²) in [4.78, 5) is 12.0. The number of carbonyl (C=O) groups excluding carboxylic acids is 1. The van der Waals surface area contributed by atoms with E-state index in [1.54, 1.807) is 6.07 Å². The summed E-state index contributed by atoms with van der Waals surface area (Å²) in [5, 5.41) is 2.60. The van der Waals surface area contributed by atoms with Crippen LogP contribution in [-0.2, 0) is 21.4 Å². The Kier molecular flexibility index (Phi) is 5.73. The molecule has 1 amide bonds. The Hall–Kier alpha value is -0.960. The van der Waals surface area contributed by atoms with Crippen LogP contribution >= 0.6 is 11.3 Å². The maximum Gasteiger partial charge on any atom is 0.250 e. The predicted octanol–water partition coefficient (Wildman–Crippen LogP) is 0.0113. The number of amides is 1. The molecular formula is C10H17N3O3S2. The van der Waals surface area contributed by atoms with Gasteiger partial charge in [-0.25, -0.2) is 13.1 Å². The third kappa shape index (κ3) is 4.37. The standard InChI is InChI=1S/C10H17N3O3S2/c1-2-12-9(14)5-6-13-18(15,16)10-4-3-8(7-11)17-10/h3-4,13H,2,5-7,11H2,1H3,(H,12,14). The van der Waals surface area contributed by atoms with Crippen LogP contribution in [0.2, 0.25) is 0 Å². The van der Waals surface area contributed by atoms with Crippen molar-refractivity contribution in [3.05, 3.63) is 17.0 Å². The van der Waals surface area contributed by atoms with Gasteiger partial charge in [-0.3, -0.25) is 4.79 Å². The Labute approximate surface area is 111 Å². The molecule has 1 heterocycles. The molecule has 0 fully saturated rings. The smallest absolute Gasteiger partial charge is 0.250 e. The van der Waals surface area contributed by atoms with E-state index >= 15 is 0 Å². The molecule has 6 nitrogen and oxygen atoms in total. The Bertz CT molecular complexity index is 496. The molecule has 0 aliphatic rings. The van der Waals surface area contributed by atoms with Crippen molar-refractivity contribution >= 4 is 27.3 Å². The number of nitrogens with two attached hydrogens (primary N) is 1. The summed E-state index contributed by atoms with van der Waals surface area (Å²) in [5.74, 6) is -0.172. The van der Waals surface area contributed by atoms with Crippen molar-refractivity contribution in [1.82, 2.24) is 10.0 Å². The van der Waals surface area contributed by atoms with E-state index in [0.717, 1.165) is 16.2 Å². The molecule has 18 heavy (non-hydrogen) atoms. The van der Waals surface area contributed by atoms with E-state index in [9.17, 15) is 13.2 Å². The van der Waals surface area contributed by atoms with Crippen LogP contribution in [-0.4, -0.2) is 27.4 Å². The third-order valence-corrected chi connectivity index (χ3v) is 5.18. The first-order valence-corrected chi connectivity index (χ1v) is 7.84. The van der Waals surface area contributed by atoms with Crippen molar-refractivity contribution in [2.75, 3.05) is 13.1 Å². The maximum absolute atomic E-state index is 11.8. The van der Waals surface area contributed by atoms with Gasteiger partial charge in [-0.2, -0.15) is 0 Å². The zero-order valence-corrected chi connectivity index (χ0v) is 11.7. The third-order valence-electron chi connectivity index (χ3n) is 2.12. The minimum Gasteiger partial charge on any atom is -0.356 e. The summed E-state index contributed by atoms with van der Waals surface area (Å²) in [6, 6.07) is 3.20. The van der Waals surface area contributed by atoms with E-state index in [-0.39, 0.29) is 23.1 Å². The van der Waals surface area contributed by atoms with Crippen molar-refractivity contribution in [3.8, 4) is 0 Å². The topological polar surface area (TPSA) is 101 Å². The van der Waals surface area contributed by atoms with Gasteiger partial charge in [0.05, 0.1) is 0 Å². The van der Waals surface area contributed by atoms with E-state index in [4.69, 9.17) is 5.73 Å². The van der Waals surface area contributed by atoms with Gasteiger partial charge in [0, 0.05) is 30.9 Å². The zero-order chi connectivity index (χ0) is 13.6. The molecule has 0 saturated heterocycles. The second-order valence-corrected chi connectivity index (χ2v) is 6.69. The highest BCUT2D eigenvalue weighted by Crippen LogP contribution is 2.20. The molecule has 1 aromatic heterocycles. The molecular weight excluding hydrogens is 274 g/mol. The Morgan fingerprint density at radius 2 is 2.17 bits per heavy atom. The Morgan fingerprint density at radius 1 is 1.44 bits per heavy atom. The van der Waals surface area contributed by atoms with E-state index in [1.165, 1.54) is 6.07 Å².